The van der Waals surface area contributed by atoms with Gasteiger partial charge in [-0.1, -0.05) is 65.1 Å². The minimum absolute atomic E-state index is 0.198. The highest BCUT2D eigenvalue weighted by Crippen LogP contribution is 2.20. The molecule has 0 saturated heterocycles. The Morgan fingerprint density at radius 1 is 1.08 bits per heavy atom. The number of anilines is 1. The van der Waals surface area contributed by atoms with Crippen molar-refractivity contribution in [1.82, 2.24) is 0 Å². The van der Waals surface area contributed by atoms with Crippen LogP contribution in [0.2, 0.25) is 0 Å². The van der Waals surface area contributed by atoms with E-state index in [-0.39, 0.29) is 12.6 Å². The van der Waals surface area contributed by atoms with E-state index in [0.717, 1.165) is 16.4 Å². The summed E-state index contributed by atoms with van der Waals surface area (Å²) in [4.78, 5) is 24.5. The number of hydrogen-bond acceptors (Lipinski definition) is 5. The molecule has 6 heteroatoms. The van der Waals surface area contributed by atoms with Crippen molar-refractivity contribution in [3.05, 3.63) is 65.7 Å². The Kier molecular flexibility index (Phi) is 8.40. The second-order valence-electron chi connectivity index (χ2n) is 5.66. The monoisotopic (exact) mass is 467 g/mol. The zero-order valence-corrected chi connectivity index (χ0v) is 16.8. The van der Waals surface area contributed by atoms with Gasteiger partial charge in [-0.25, -0.2) is 9.59 Å². The lowest BCUT2D eigenvalue weighted by Crippen LogP contribution is -2.31. The van der Waals surface area contributed by atoms with Gasteiger partial charge in [0.15, 0.2) is 0 Å². The Bertz CT molecular complexity index is 721. The van der Waals surface area contributed by atoms with Gasteiger partial charge >= 0.3 is 11.9 Å². The van der Waals surface area contributed by atoms with Crippen LogP contribution in [0.25, 0.3) is 0 Å². The fraction of sp³-hybridized carbons (Fsp3) is 0.300. The fourth-order valence-corrected chi connectivity index (χ4v) is 2.89. The first-order valence-corrected chi connectivity index (χ1v) is 9.88. The molecule has 0 aliphatic rings. The van der Waals surface area contributed by atoms with Crippen LogP contribution in [-0.2, 0) is 20.9 Å². The molecule has 0 aromatic heterocycles. The summed E-state index contributed by atoms with van der Waals surface area (Å²) in [6.45, 7) is 0.198. The number of esters is 2. The molecule has 0 aliphatic carbocycles. The van der Waals surface area contributed by atoms with E-state index in [0.29, 0.717) is 17.7 Å². The van der Waals surface area contributed by atoms with Crippen molar-refractivity contribution in [1.29, 1.82) is 0 Å². The Morgan fingerprint density at radius 3 is 2.46 bits per heavy atom. The second-order valence-corrected chi connectivity index (χ2v) is 6.74. The van der Waals surface area contributed by atoms with Crippen molar-refractivity contribution in [3.63, 3.8) is 0 Å². The highest BCUT2D eigenvalue weighted by molar-refractivity contribution is 14.1. The van der Waals surface area contributed by atoms with Crippen molar-refractivity contribution in [2.24, 2.45) is 0 Å². The van der Waals surface area contributed by atoms with Gasteiger partial charge in [-0.3, -0.25) is 0 Å². The van der Waals surface area contributed by atoms with E-state index in [1.807, 2.05) is 36.4 Å². The molecule has 0 heterocycles. The van der Waals surface area contributed by atoms with Crippen molar-refractivity contribution >= 4 is 40.2 Å². The lowest BCUT2D eigenvalue weighted by molar-refractivity contribution is -0.141. The molecule has 0 saturated carbocycles. The Balaban J connectivity index is 2.09. The first-order chi connectivity index (χ1) is 12.7. The number of nitrogens with one attached hydrogen (secondary N) is 1. The highest BCUT2D eigenvalue weighted by atomic mass is 127. The predicted molar refractivity (Wildman–Crippen MR) is 110 cm³/mol. The molecule has 5 nitrogen and oxygen atoms in total. The fourth-order valence-electron chi connectivity index (χ4n) is 2.45. The van der Waals surface area contributed by atoms with Gasteiger partial charge < -0.3 is 14.8 Å². The van der Waals surface area contributed by atoms with Crippen LogP contribution in [0.4, 0.5) is 5.69 Å². The molecule has 2 rings (SSSR count). The highest BCUT2D eigenvalue weighted by Gasteiger charge is 2.21. The molecule has 0 spiro atoms. The Hall–Kier alpha value is -2.09. The first kappa shape index (κ1) is 20.2. The predicted octanol–water partition coefficient (Wildman–Crippen LogP) is 4.21. The number of carbonyl (C=O) groups excluding carboxylic acids is 2. The number of ether oxygens (including phenoxy) is 2. The summed E-state index contributed by atoms with van der Waals surface area (Å²) in [7, 11) is 1.36. The quantitative estimate of drug-likeness (QED) is 0.340. The van der Waals surface area contributed by atoms with Crippen LogP contribution >= 0.6 is 22.6 Å². The summed E-state index contributed by atoms with van der Waals surface area (Å²) in [6.07, 6.45) is 1.50. The standard InChI is InChI=1S/C20H22INO4/c1-25-20(24)18(12-7-13-21)22-17-11-6-5-10-16(17)19(23)26-14-15-8-3-2-4-9-15/h2-6,8-11,18,22H,7,12-14H2,1H3. The maximum atomic E-state index is 12.5. The van der Waals surface area contributed by atoms with E-state index in [2.05, 4.69) is 27.9 Å². The van der Waals surface area contributed by atoms with Crippen LogP contribution in [0, 0.1) is 0 Å². The molecule has 0 radical (unpaired) electrons. The van der Waals surface area contributed by atoms with Crippen LogP contribution in [0.1, 0.15) is 28.8 Å². The van der Waals surface area contributed by atoms with Gasteiger partial charge in [0, 0.05) is 5.69 Å². The summed E-state index contributed by atoms with van der Waals surface area (Å²) >= 11 is 2.27. The van der Waals surface area contributed by atoms with Crippen LogP contribution < -0.4 is 5.32 Å². The number of para-hydroxylation sites is 1. The lowest BCUT2D eigenvalue weighted by Gasteiger charge is -2.19. The van der Waals surface area contributed by atoms with E-state index in [4.69, 9.17) is 9.47 Å². The Morgan fingerprint density at radius 2 is 1.77 bits per heavy atom. The topological polar surface area (TPSA) is 64.6 Å². The number of hydrogen-bond donors (Lipinski definition) is 1. The summed E-state index contributed by atoms with van der Waals surface area (Å²) in [6, 6.07) is 16.0. The number of rotatable bonds is 9. The van der Waals surface area contributed by atoms with Crippen molar-refractivity contribution in [2.45, 2.75) is 25.5 Å². The van der Waals surface area contributed by atoms with Gasteiger partial charge in [0.05, 0.1) is 12.7 Å². The van der Waals surface area contributed by atoms with Gasteiger partial charge in [0.25, 0.3) is 0 Å². The third-order valence-electron chi connectivity index (χ3n) is 3.80. The van der Waals surface area contributed by atoms with E-state index < -0.39 is 12.0 Å². The molecule has 0 aliphatic heterocycles. The van der Waals surface area contributed by atoms with Crippen LogP contribution in [0.5, 0.6) is 0 Å². The third kappa shape index (κ3) is 6.01. The van der Waals surface area contributed by atoms with Crippen LogP contribution in [0.3, 0.4) is 0 Å². The summed E-state index contributed by atoms with van der Waals surface area (Å²) in [5.41, 5.74) is 1.88. The molecule has 0 amide bonds. The summed E-state index contributed by atoms with van der Waals surface area (Å²) in [5.74, 6) is -0.781. The largest absolute Gasteiger partial charge is 0.467 e. The maximum Gasteiger partial charge on any atom is 0.340 e. The minimum atomic E-state index is -0.502. The minimum Gasteiger partial charge on any atom is -0.467 e. The Labute approximate surface area is 167 Å². The molecule has 1 unspecified atom stereocenters. The van der Waals surface area contributed by atoms with Gasteiger partial charge in [-0.2, -0.15) is 0 Å². The zero-order valence-electron chi connectivity index (χ0n) is 14.6. The molecule has 0 fully saturated rings. The smallest absolute Gasteiger partial charge is 0.340 e. The number of methoxy groups -OCH3 is 1. The maximum absolute atomic E-state index is 12.5. The van der Waals surface area contributed by atoms with Crippen molar-refractivity contribution in [2.75, 3.05) is 16.9 Å². The molecule has 1 atom stereocenters. The molecular formula is C20H22INO4. The van der Waals surface area contributed by atoms with E-state index in [1.54, 1.807) is 18.2 Å². The molecular weight excluding hydrogens is 445 g/mol. The average Bonchev–Trinajstić information content (AvgIpc) is 2.69. The number of halogens is 1. The SMILES string of the molecule is COC(=O)C(CCCI)Nc1ccccc1C(=O)OCc1ccccc1. The van der Waals surface area contributed by atoms with Gasteiger partial charge in [-0.15, -0.1) is 0 Å². The molecule has 0 bridgehead atoms. The molecule has 26 heavy (non-hydrogen) atoms. The normalized spacial score (nSPS) is 11.5. The van der Waals surface area contributed by atoms with Gasteiger partial charge in [0.2, 0.25) is 0 Å². The third-order valence-corrected chi connectivity index (χ3v) is 4.56. The number of carbonyl (C=O) groups is 2. The molecule has 1 N–H and O–H groups in total. The average molecular weight is 467 g/mol. The van der Waals surface area contributed by atoms with Gasteiger partial charge in [0.1, 0.15) is 12.6 Å². The lowest BCUT2D eigenvalue weighted by atomic mass is 10.1. The zero-order chi connectivity index (χ0) is 18.8. The van der Waals surface area contributed by atoms with Gasteiger partial charge in [-0.05, 0) is 35.0 Å². The van der Waals surface area contributed by atoms with E-state index in [9.17, 15) is 9.59 Å². The van der Waals surface area contributed by atoms with E-state index >= 15 is 0 Å². The summed E-state index contributed by atoms with van der Waals surface area (Å²) < 4.78 is 11.2. The number of alkyl halides is 1. The van der Waals surface area contributed by atoms with Crippen LogP contribution in [0.15, 0.2) is 54.6 Å². The first-order valence-electron chi connectivity index (χ1n) is 8.36. The van der Waals surface area contributed by atoms with E-state index in [1.165, 1.54) is 7.11 Å². The molecule has 2 aromatic rings. The summed E-state index contributed by atoms with van der Waals surface area (Å²) in [5, 5.41) is 3.13. The second kappa shape index (κ2) is 10.8. The number of benzene rings is 2. The van der Waals surface area contributed by atoms with Crippen molar-refractivity contribution < 1.29 is 19.1 Å². The van der Waals surface area contributed by atoms with Crippen LogP contribution in [-0.4, -0.2) is 29.5 Å². The molecule has 2 aromatic carbocycles. The molecule has 138 valence electrons. The van der Waals surface area contributed by atoms with Crippen molar-refractivity contribution in [3.8, 4) is 0 Å².